The third kappa shape index (κ3) is 4.53. The predicted molar refractivity (Wildman–Crippen MR) is 142 cm³/mol. The molecule has 0 spiro atoms. The number of H-pyrrole nitrogens is 2. The lowest BCUT2D eigenvalue weighted by molar-refractivity contribution is -0.137. The van der Waals surface area contributed by atoms with Gasteiger partial charge in [-0.05, 0) is 56.0 Å². The van der Waals surface area contributed by atoms with E-state index in [1.54, 1.807) is 6.33 Å². The fourth-order valence-electron chi connectivity index (χ4n) is 5.22. The van der Waals surface area contributed by atoms with Crippen molar-refractivity contribution in [2.24, 2.45) is 0 Å². The van der Waals surface area contributed by atoms with E-state index in [0.717, 1.165) is 83.4 Å². The number of anilines is 1. The Morgan fingerprint density at radius 2 is 1.55 bits per heavy atom. The number of aromatic amines is 2. The maximum Gasteiger partial charge on any atom is 0.416 e. The predicted octanol–water partition coefficient (Wildman–Crippen LogP) is 7.03. The molecule has 5 aromatic rings. The van der Waals surface area contributed by atoms with E-state index in [1.807, 2.05) is 6.92 Å². The number of hydrogen-bond acceptors (Lipinski definition) is 4. The lowest BCUT2D eigenvalue weighted by Crippen LogP contribution is -2.33. The molecule has 3 aromatic heterocycles. The van der Waals surface area contributed by atoms with E-state index in [4.69, 9.17) is 4.98 Å². The highest BCUT2D eigenvalue weighted by Gasteiger charge is 2.30. The molecule has 0 aliphatic carbocycles. The van der Waals surface area contributed by atoms with E-state index >= 15 is 0 Å². The molecule has 6 rings (SSSR count). The minimum Gasteiger partial charge on any atom is -0.356 e. The zero-order chi connectivity index (χ0) is 26.4. The summed E-state index contributed by atoms with van der Waals surface area (Å²) in [5, 5.41) is 1.000. The average molecular weight is 517 g/mol. The molecule has 0 unspecified atom stereocenters. The highest BCUT2D eigenvalue weighted by Crippen LogP contribution is 2.35. The molecule has 1 aliphatic rings. The van der Waals surface area contributed by atoms with Crippen molar-refractivity contribution in [3.8, 4) is 22.5 Å². The van der Waals surface area contributed by atoms with Crippen molar-refractivity contribution in [2.75, 3.05) is 18.0 Å². The van der Waals surface area contributed by atoms with Crippen LogP contribution in [0.25, 0.3) is 33.5 Å². The third-order valence-electron chi connectivity index (χ3n) is 7.35. The van der Waals surface area contributed by atoms with Crippen LogP contribution in [0.15, 0.2) is 60.9 Å². The number of halogens is 3. The van der Waals surface area contributed by atoms with Crippen LogP contribution < -0.4 is 4.90 Å². The molecule has 6 nitrogen and oxygen atoms in total. The second-order valence-corrected chi connectivity index (χ2v) is 9.93. The van der Waals surface area contributed by atoms with Crippen LogP contribution in [0.3, 0.4) is 0 Å². The Morgan fingerprint density at radius 1 is 0.868 bits per heavy atom. The molecule has 0 atom stereocenters. The van der Waals surface area contributed by atoms with Crippen molar-refractivity contribution in [2.45, 2.75) is 38.8 Å². The van der Waals surface area contributed by atoms with Crippen LogP contribution in [0.5, 0.6) is 0 Å². The molecule has 1 fully saturated rings. The summed E-state index contributed by atoms with van der Waals surface area (Å²) >= 11 is 0. The van der Waals surface area contributed by atoms with Crippen LogP contribution in [0.1, 0.15) is 41.4 Å². The van der Waals surface area contributed by atoms with Gasteiger partial charge < -0.3 is 14.9 Å². The van der Waals surface area contributed by atoms with Crippen molar-refractivity contribution in [3.63, 3.8) is 0 Å². The van der Waals surface area contributed by atoms with Gasteiger partial charge in [-0.2, -0.15) is 13.2 Å². The number of aromatic nitrogens is 5. The number of nitrogens with zero attached hydrogens (tertiary/aromatic N) is 4. The minimum absolute atomic E-state index is 0.236. The zero-order valence-electron chi connectivity index (χ0n) is 21.1. The summed E-state index contributed by atoms with van der Waals surface area (Å²) in [5.74, 6) is 2.04. The maximum atomic E-state index is 12.9. The molecule has 1 saturated heterocycles. The number of rotatable bonds is 4. The van der Waals surface area contributed by atoms with Gasteiger partial charge in [0.15, 0.2) is 0 Å². The van der Waals surface area contributed by atoms with E-state index in [1.165, 1.54) is 17.7 Å². The van der Waals surface area contributed by atoms with Gasteiger partial charge in [0.25, 0.3) is 0 Å². The molecule has 38 heavy (non-hydrogen) atoms. The Balaban J connectivity index is 1.19. The first-order valence-corrected chi connectivity index (χ1v) is 12.7. The standard InChI is InChI=1S/C29H27F3N6/c1-17-3-5-19(6-4-17)24-15-23-27(36-24)33-16-34-28(23)38-13-11-21(12-14-38)26-35-18(2)25(37-26)20-7-9-22(10-8-20)29(30,31)32/h3-10,15-16,21H,11-14H2,1-2H3,(H,35,37)(H,33,34,36). The monoisotopic (exact) mass is 516 g/mol. The number of hydrogen-bond donors (Lipinski definition) is 2. The first-order chi connectivity index (χ1) is 18.3. The van der Waals surface area contributed by atoms with E-state index < -0.39 is 11.7 Å². The Labute approximate surface area is 218 Å². The molecule has 0 amide bonds. The lowest BCUT2D eigenvalue weighted by atomic mass is 9.96. The van der Waals surface area contributed by atoms with Crippen molar-refractivity contribution in [1.82, 2.24) is 24.9 Å². The number of aryl methyl sites for hydroxylation is 2. The summed E-state index contributed by atoms with van der Waals surface area (Å²) in [6.07, 6.45) is -0.968. The Bertz CT molecular complexity index is 1570. The molecule has 2 aromatic carbocycles. The molecule has 9 heteroatoms. The quantitative estimate of drug-likeness (QED) is 0.269. The first-order valence-electron chi connectivity index (χ1n) is 12.7. The Hall–Kier alpha value is -4.14. The van der Waals surface area contributed by atoms with Gasteiger partial charge in [0.1, 0.15) is 23.6 Å². The van der Waals surface area contributed by atoms with E-state index in [2.05, 4.69) is 62.1 Å². The van der Waals surface area contributed by atoms with Gasteiger partial charge in [-0.15, -0.1) is 0 Å². The van der Waals surface area contributed by atoms with Gasteiger partial charge in [0.05, 0.1) is 22.3 Å². The number of alkyl halides is 3. The van der Waals surface area contributed by atoms with Gasteiger partial charge in [-0.1, -0.05) is 42.0 Å². The third-order valence-corrected chi connectivity index (χ3v) is 7.35. The Kier molecular flexibility index (Phi) is 5.93. The van der Waals surface area contributed by atoms with Gasteiger partial charge in [0.2, 0.25) is 0 Å². The molecule has 0 radical (unpaired) electrons. The molecule has 4 heterocycles. The molecule has 0 saturated carbocycles. The summed E-state index contributed by atoms with van der Waals surface area (Å²) < 4.78 is 38.8. The summed E-state index contributed by atoms with van der Waals surface area (Å²) in [6, 6.07) is 15.7. The van der Waals surface area contributed by atoms with Crippen molar-refractivity contribution < 1.29 is 13.2 Å². The smallest absolute Gasteiger partial charge is 0.356 e. The summed E-state index contributed by atoms with van der Waals surface area (Å²) in [4.78, 5) is 22.9. The molecule has 194 valence electrons. The second-order valence-electron chi connectivity index (χ2n) is 9.93. The van der Waals surface area contributed by atoms with Crippen molar-refractivity contribution >= 4 is 16.9 Å². The molecular weight excluding hydrogens is 489 g/mol. The van der Waals surface area contributed by atoms with Gasteiger partial charge in [-0.25, -0.2) is 15.0 Å². The fourth-order valence-corrected chi connectivity index (χ4v) is 5.22. The van der Waals surface area contributed by atoms with E-state index in [9.17, 15) is 13.2 Å². The summed E-state index contributed by atoms with van der Waals surface area (Å²) in [5.41, 5.74) is 5.75. The maximum absolute atomic E-state index is 12.9. The zero-order valence-corrected chi connectivity index (χ0v) is 21.1. The SMILES string of the molecule is Cc1ccc(-c2cc3c(N4CCC(c5nc(C)c(-c6ccc(C(F)(F)F)cc6)[nH]5)CC4)ncnc3[nH]2)cc1. The van der Waals surface area contributed by atoms with E-state index in [-0.39, 0.29) is 5.92 Å². The molecule has 1 aliphatic heterocycles. The lowest BCUT2D eigenvalue weighted by Gasteiger charge is -2.32. The number of fused-ring (bicyclic) bond motifs is 1. The van der Waals surface area contributed by atoms with Gasteiger partial charge in [-0.3, -0.25) is 0 Å². The largest absolute Gasteiger partial charge is 0.416 e. The van der Waals surface area contributed by atoms with Crippen LogP contribution in [0.4, 0.5) is 19.0 Å². The Morgan fingerprint density at radius 3 is 2.24 bits per heavy atom. The van der Waals surface area contributed by atoms with Crippen molar-refractivity contribution in [3.05, 3.63) is 83.6 Å². The van der Waals surface area contributed by atoms with Crippen LogP contribution in [0, 0.1) is 13.8 Å². The second kappa shape index (κ2) is 9.31. The van der Waals surface area contributed by atoms with Crippen LogP contribution in [-0.4, -0.2) is 38.0 Å². The van der Waals surface area contributed by atoms with Crippen LogP contribution in [0.2, 0.25) is 0 Å². The highest BCUT2D eigenvalue weighted by molar-refractivity contribution is 5.92. The summed E-state index contributed by atoms with van der Waals surface area (Å²) in [6.45, 7) is 5.59. The van der Waals surface area contributed by atoms with Gasteiger partial charge >= 0.3 is 6.18 Å². The number of nitrogens with one attached hydrogen (secondary N) is 2. The average Bonchev–Trinajstić information content (AvgIpc) is 3.52. The fraction of sp³-hybridized carbons (Fsp3) is 0.276. The number of piperidine rings is 1. The molecular formula is C29H27F3N6. The van der Waals surface area contributed by atoms with Crippen LogP contribution in [-0.2, 0) is 6.18 Å². The van der Waals surface area contributed by atoms with Gasteiger partial charge in [0, 0.05) is 24.7 Å². The summed E-state index contributed by atoms with van der Waals surface area (Å²) in [7, 11) is 0. The normalized spacial score (nSPS) is 14.9. The number of benzene rings is 2. The highest BCUT2D eigenvalue weighted by atomic mass is 19.4. The minimum atomic E-state index is -4.35. The topological polar surface area (TPSA) is 73.5 Å². The van der Waals surface area contributed by atoms with E-state index in [0.29, 0.717) is 5.56 Å². The van der Waals surface area contributed by atoms with Crippen LogP contribution >= 0.6 is 0 Å². The first kappa shape index (κ1) is 24.2. The number of imidazole rings is 1. The molecule has 0 bridgehead atoms. The van der Waals surface area contributed by atoms with Crippen molar-refractivity contribution in [1.29, 1.82) is 0 Å². The molecule has 2 N–H and O–H groups in total.